The zero-order valence-corrected chi connectivity index (χ0v) is 12.9. The summed E-state index contributed by atoms with van der Waals surface area (Å²) in [7, 11) is 1.20. The van der Waals surface area contributed by atoms with Gasteiger partial charge in [-0.15, -0.1) is 0 Å². The molecule has 1 aromatic rings. The van der Waals surface area contributed by atoms with Crippen LogP contribution in [0.4, 0.5) is 0 Å². The Labute approximate surface area is 102 Å². The Morgan fingerprint density at radius 3 is 2.00 bits per heavy atom. The number of hydrogen-bond donors (Lipinski definition) is 0. The van der Waals surface area contributed by atoms with Gasteiger partial charge in [0.2, 0.25) is 0 Å². The van der Waals surface area contributed by atoms with E-state index in [1.54, 1.807) is 5.20 Å². The molecule has 0 atom stereocenters. The van der Waals surface area contributed by atoms with Gasteiger partial charge >= 0.3 is 0 Å². The fraction of sp³-hybridized carbons (Fsp3) is 0.333. The summed E-state index contributed by atoms with van der Waals surface area (Å²) in [6, 6.07) is 4.59. The monoisotopic (exact) mass is 228 g/mol. The molecule has 0 N–H and O–H groups in total. The third-order valence-electron chi connectivity index (χ3n) is 3.60. The molecule has 1 aliphatic carbocycles. The molecule has 1 heteroatoms. The van der Waals surface area contributed by atoms with E-state index >= 15 is 0 Å². The molecule has 0 amide bonds. The molecule has 2 rings (SSSR count). The maximum absolute atomic E-state index is 2.41. The van der Waals surface area contributed by atoms with Gasteiger partial charge in [0.05, 0.1) is 0 Å². The van der Waals surface area contributed by atoms with E-state index in [1.807, 2.05) is 0 Å². The Kier molecular flexibility index (Phi) is 2.89. The van der Waals surface area contributed by atoms with Crippen molar-refractivity contribution in [2.24, 2.45) is 0 Å². The highest BCUT2D eigenvalue weighted by Gasteiger charge is 2.15. The van der Waals surface area contributed by atoms with Crippen molar-refractivity contribution >= 4 is 15.8 Å². The van der Waals surface area contributed by atoms with Gasteiger partial charge in [0, 0.05) is 10.2 Å². The van der Waals surface area contributed by atoms with E-state index in [0.29, 0.717) is 0 Å². The fourth-order valence-corrected chi connectivity index (χ4v) is 3.16. The van der Waals surface area contributed by atoms with Crippen LogP contribution in [0.2, 0.25) is 0 Å². The van der Waals surface area contributed by atoms with Gasteiger partial charge < -0.3 is 0 Å². The van der Waals surface area contributed by atoms with Gasteiger partial charge in [-0.25, -0.2) is 0 Å². The molecule has 84 valence electrons. The molecule has 0 radical (unpaired) electrons. The summed E-state index contributed by atoms with van der Waals surface area (Å²) in [5, 5.41) is 1.65. The summed E-state index contributed by atoms with van der Waals surface area (Å²) in [4.78, 5) is 0. The third kappa shape index (κ3) is 1.80. The maximum atomic E-state index is 2.41. The molecule has 0 saturated heterocycles. The molecule has 0 heterocycles. The van der Waals surface area contributed by atoms with Crippen LogP contribution in [0, 0.1) is 20.8 Å². The third-order valence-corrected chi connectivity index (χ3v) is 4.76. The highest BCUT2D eigenvalue weighted by atomic mass is 28.1. The van der Waals surface area contributed by atoms with Gasteiger partial charge in [0.15, 0.2) is 0 Å². The Morgan fingerprint density at radius 2 is 1.56 bits per heavy atom. The zero-order chi connectivity index (χ0) is 11.9. The SMILES string of the molecule is CC1=C([SiH3])CC=C1c1c(C)cc(C)cc1C. The molecule has 0 aromatic heterocycles. The van der Waals surface area contributed by atoms with Gasteiger partial charge in [-0.3, -0.25) is 0 Å². The Bertz CT molecular complexity index is 481. The van der Waals surface area contributed by atoms with Crippen LogP contribution in [-0.2, 0) is 0 Å². The largest absolute Gasteiger partial charge is 0.0846 e. The highest BCUT2D eigenvalue weighted by molar-refractivity contribution is 6.24. The molecular formula is C15H20Si. The summed E-state index contributed by atoms with van der Waals surface area (Å²) in [6.45, 7) is 8.91. The molecule has 0 fully saturated rings. The summed E-state index contributed by atoms with van der Waals surface area (Å²) in [5.74, 6) is 0. The standard InChI is InChI=1S/C15H20Si/c1-9-7-10(2)15(11(3)8-9)13-5-6-14(16)12(13)4/h5,7-8H,6H2,1-4,16H3. The van der Waals surface area contributed by atoms with E-state index < -0.39 is 0 Å². The molecular weight excluding hydrogens is 208 g/mol. The second-order valence-corrected chi connectivity index (χ2v) is 6.21. The molecule has 0 spiro atoms. The van der Waals surface area contributed by atoms with Crippen molar-refractivity contribution in [1.82, 2.24) is 0 Å². The fourth-order valence-electron chi connectivity index (χ4n) is 2.69. The predicted octanol–water partition coefficient (Wildman–Crippen LogP) is 3.04. The van der Waals surface area contributed by atoms with Crippen LogP contribution >= 0.6 is 0 Å². The number of aryl methyl sites for hydroxylation is 3. The Hall–Kier alpha value is -1.08. The molecule has 0 bridgehead atoms. The Balaban J connectivity index is 2.59. The van der Waals surface area contributed by atoms with E-state index in [9.17, 15) is 0 Å². The molecule has 0 nitrogen and oxygen atoms in total. The van der Waals surface area contributed by atoms with Gasteiger partial charge in [0.1, 0.15) is 0 Å². The first-order valence-corrected chi connectivity index (χ1v) is 6.96. The van der Waals surface area contributed by atoms with Gasteiger partial charge in [-0.2, -0.15) is 0 Å². The number of benzene rings is 1. The summed E-state index contributed by atoms with van der Waals surface area (Å²) >= 11 is 0. The normalized spacial score (nSPS) is 15.9. The minimum Gasteiger partial charge on any atom is -0.0846 e. The van der Waals surface area contributed by atoms with Crippen molar-refractivity contribution in [1.29, 1.82) is 0 Å². The van der Waals surface area contributed by atoms with Crippen molar-refractivity contribution in [2.45, 2.75) is 34.1 Å². The lowest BCUT2D eigenvalue weighted by Gasteiger charge is -2.14. The molecule has 16 heavy (non-hydrogen) atoms. The lowest BCUT2D eigenvalue weighted by atomic mass is 9.91. The van der Waals surface area contributed by atoms with Crippen molar-refractivity contribution in [3.05, 3.63) is 51.2 Å². The minimum absolute atomic E-state index is 1.18. The maximum Gasteiger partial charge on any atom is 0.0340 e. The van der Waals surface area contributed by atoms with E-state index in [-0.39, 0.29) is 0 Å². The van der Waals surface area contributed by atoms with E-state index in [4.69, 9.17) is 0 Å². The van der Waals surface area contributed by atoms with Crippen molar-refractivity contribution < 1.29 is 0 Å². The van der Waals surface area contributed by atoms with E-state index in [2.05, 4.69) is 45.9 Å². The Morgan fingerprint density at radius 1 is 1.00 bits per heavy atom. The predicted molar refractivity (Wildman–Crippen MR) is 75.9 cm³/mol. The van der Waals surface area contributed by atoms with Crippen molar-refractivity contribution in [2.75, 3.05) is 0 Å². The van der Waals surface area contributed by atoms with Crippen LogP contribution in [0.3, 0.4) is 0 Å². The first kappa shape index (κ1) is 11.4. The smallest absolute Gasteiger partial charge is 0.0340 e. The van der Waals surface area contributed by atoms with Crippen LogP contribution in [0.25, 0.3) is 5.57 Å². The number of hydrogen-bond acceptors (Lipinski definition) is 0. The van der Waals surface area contributed by atoms with Crippen LogP contribution in [0.1, 0.15) is 35.6 Å². The summed E-state index contributed by atoms with van der Waals surface area (Å²) < 4.78 is 0. The number of rotatable bonds is 1. The average molecular weight is 228 g/mol. The van der Waals surface area contributed by atoms with Gasteiger partial charge in [-0.05, 0) is 62.0 Å². The first-order valence-electron chi connectivity index (χ1n) is 5.96. The highest BCUT2D eigenvalue weighted by Crippen LogP contribution is 2.35. The zero-order valence-electron chi connectivity index (χ0n) is 10.9. The van der Waals surface area contributed by atoms with Crippen LogP contribution in [0.15, 0.2) is 29.0 Å². The van der Waals surface area contributed by atoms with Crippen LogP contribution < -0.4 is 0 Å². The molecule has 1 aromatic carbocycles. The average Bonchev–Trinajstić information content (AvgIpc) is 2.48. The van der Waals surface area contributed by atoms with Gasteiger partial charge in [-0.1, -0.05) is 29.0 Å². The van der Waals surface area contributed by atoms with Crippen LogP contribution in [-0.4, -0.2) is 10.2 Å². The van der Waals surface area contributed by atoms with Crippen molar-refractivity contribution in [3.63, 3.8) is 0 Å². The van der Waals surface area contributed by atoms with Gasteiger partial charge in [0.25, 0.3) is 0 Å². The quantitative estimate of drug-likeness (QED) is 0.648. The minimum atomic E-state index is 1.18. The molecule has 0 aliphatic heterocycles. The lowest BCUT2D eigenvalue weighted by molar-refractivity contribution is 1.28. The summed E-state index contributed by atoms with van der Waals surface area (Å²) in [5.41, 5.74) is 8.68. The molecule has 0 unspecified atom stereocenters. The molecule has 1 aliphatic rings. The topological polar surface area (TPSA) is 0 Å². The second-order valence-electron chi connectivity index (χ2n) is 5.00. The van der Waals surface area contributed by atoms with Crippen LogP contribution in [0.5, 0.6) is 0 Å². The van der Waals surface area contributed by atoms with E-state index in [0.717, 1.165) is 0 Å². The first-order chi connectivity index (χ1) is 7.50. The van der Waals surface area contributed by atoms with Crippen molar-refractivity contribution in [3.8, 4) is 0 Å². The molecule has 0 saturated carbocycles. The summed E-state index contributed by atoms with van der Waals surface area (Å²) in [6.07, 6.45) is 3.59. The number of allylic oxidation sites excluding steroid dienone is 4. The lowest BCUT2D eigenvalue weighted by Crippen LogP contribution is -1.95. The van der Waals surface area contributed by atoms with E-state index in [1.165, 1.54) is 50.1 Å². The second kappa shape index (κ2) is 4.06.